The van der Waals surface area contributed by atoms with Crippen molar-refractivity contribution in [2.45, 2.75) is 12.8 Å². The molecular formula is C19H20F2N2O. The molecule has 3 nitrogen and oxygen atoms in total. The standard InChI is InChI=1S/C19H20F2N2O/c1-12-7-15(18(21)8-17(12)20)19(24)23-10-14(9-22)16(11-23)13-5-3-2-4-6-13/h2-8,14,16H,9-11,22H2,1H3/t14-,16+/m1/s1. The van der Waals surface area contributed by atoms with Crippen LogP contribution < -0.4 is 5.73 Å². The molecule has 5 heteroatoms. The lowest BCUT2D eigenvalue weighted by atomic mass is 9.89. The zero-order valence-corrected chi connectivity index (χ0v) is 13.5. The Labute approximate surface area is 140 Å². The summed E-state index contributed by atoms with van der Waals surface area (Å²) < 4.78 is 27.4. The van der Waals surface area contributed by atoms with Gasteiger partial charge in [-0.15, -0.1) is 0 Å². The number of carbonyl (C=O) groups is 1. The van der Waals surface area contributed by atoms with Crippen LogP contribution in [0, 0.1) is 24.5 Å². The summed E-state index contributed by atoms with van der Waals surface area (Å²) in [7, 11) is 0. The van der Waals surface area contributed by atoms with Gasteiger partial charge in [0.1, 0.15) is 11.6 Å². The van der Waals surface area contributed by atoms with Gasteiger partial charge in [0.25, 0.3) is 5.91 Å². The fraction of sp³-hybridized carbons (Fsp3) is 0.316. The minimum Gasteiger partial charge on any atom is -0.338 e. The lowest BCUT2D eigenvalue weighted by Gasteiger charge is -2.17. The first-order chi connectivity index (χ1) is 11.5. The van der Waals surface area contributed by atoms with E-state index in [0.717, 1.165) is 11.6 Å². The number of benzene rings is 2. The van der Waals surface area contributed by atoms with E-state index < -0.39 is 17.5 Å². The van der Waals surface area contributed by atoms with Crippen LogP contribution in [0.3, 0.4) is 0 Å². The molecule has 2 N–H and O–H groups in total. The third-order valence-electron chi connectivity index (χ3n) is 4.74. The van der Waals surface area contributed by atoms with E-state index >= 15 is 0 Å². The lowest BCUT2D eigenvalue weighted by Crippen LogP contribution is -2.30. The second-order valence-corrected chi connectivity index (χ2v) is 6.30. The highest BCUT2D eigenvalue weighted by Gasteiger charge is 2.36. The van der Waals surface area contributed by atoms with Crippen molar-refractivity contribution in [3.8, 4) is 0 Å². The van der Waals surface area contributed by atoms with Gasteiger partial charge in [-0.1, -0.05) is 30.3 Å². The number of carbonyl (C=O) groups excluding carboxylic acids is 1. The largest absolute Gasteiger partial charge is 0.338 e. The predicted molar refractivity (Wildman–Crippen MR) is 88.7 cm³/mol. The predicted octanol–water partition coefficient (Wildman–Crippen LogP) is 3.09. The molecular weight excluding hydrogens is 310 g/mol. The molecule has 0 radical (unpaired) electrons. The Kier molecular flexibility index (Phi) is 4.62. The average molecular weight is 330 g/mol. The molecule has 0 aliphatic carbocycles. The third kappa shape index (κ3) is 3.04. The van der Waals surface area contributed by atoms with E-state index in [1.165, 1.54) is 13.0 Å². The summed E-state index contributed by atoms with van der Waals surface area (Å²) in [6.45, 7) is 2.94. The maximum Gasteiger partial charge on any atom is 0.256 e. The van der Waals surface area contributed by atoms with E-state index in [0.29, 0.717) is 19.6 Å². The van der Waals surface area contributed by atoms with Crippen molar-refractivity contribution < 1.29 is 13.6 Å². The minimum absolute atomic E-state index is 0.0848. The van der Waals surface area contributed by atoms with E-state index in [1.807, 2.05) is 30.3 Å². The van der Waals surface area contributed by atoms with E-state index in [-0.39, 0.29) is 23.0 Å². The van der Waals surface area contributed by atoms with Crippen molar-refractivity contribution in [1.82, 2.24) is 4.90 Å². The minimum atomic E-state index is -0.824. The van der Waals surface area contributed by atoms with E-state index in [2.05, 4.69) is 0 Å². The van der Waals surface area contributed by atoms with Crippen LogP contribution in [0.15, 0.2) is 42.5 Å². The second-order valence-electron chi connectivity index (χ2n) is 6.30. The van der Waals surface area contributed by atoms with E-state index in [1.54, 1.807) is 4.90 Å². The van der Waals surface area contributed by atoms with Crippen molar-refractivity contribution in [2.75, 3.05) is 19.6 Å². The van der Waals surface area contributed by atoms with Gasteiger partial charge < -0.3 is 10.6 Å². The smallest absolute Gasteiger partial charge is 0.256 e. The topological polar surface area (TPSA) is 46.3 Å². The van der Waals surface area contributed by atoms with Crippen LogP contribution in [-0.2, 0) is 0 Å². The summed E-state index contributed by atoms with van der Waals surface area (Å²) in [5.74, 6) is -1.62. The molecule has 0 saturated carbocycles. The summed E-state index contributed by atoms with van der Waals surface area (Å²) in [4.78, 5) is 14.3. The Morgan fingerprint density at radius 2 is 1.88 bits per heavy atom. The van der Waals surface area contributed by atoms with Crippen molar-refractivity contribution >= 4 is 5.91 Å². The zero-order chi connectivity index (χ0) is 17.3. The first kappa shape index (κ1) is 16.6. The molecule has 126 valence electrons. The van der Waals surface area contributed by atoms with Gasteiger partial charge >= 0.3 is 0 Å². The highest BCUT2D eigenvalue weighted by Crippen LogP contribution is 2.33. The van der Waals surface area contributed by atoms with Crippen LogP contribution in [0.5, 0.6) is 0 Å². The summed E-state index contributed by atoms with van der Waals surface area (Å²) in [5, 5.41) is 0. The lowest BCUT2D eigenvalue weighted by molar-refractivity contribution is 0.0781. The van der Waals surface area contributed by atoms with Gasteiger partial charge in [0.05, 0.1) is 5.56 Å². The number of likely N-dealkylation sites (tertiary alicyclic amines) is 1. The quantitative estimate of drug-likeness (QED) is 0.940. The number of hydrogen-bond acceptors (Lipinski definition) is 2. The molecule has 1 aliphatic rings. The average Bonchev–Trinajstić information content (AvgIpc) is 3.02. The molecule has 2 aromatic rings. The molecule has 0 bridgehead atoms. The van der Waals surface area contributed by atoms with Crippen LogP contribution in [0.2, 0.25) is 0 Å². The Morgan fingerprint density at radius 3 is 2.54 bits per heavy atom. The Morgan fingerprint density at radius 1 is 1.17 bits per heavy atom. The summed E-state index contributed by atoms with van der Waals surface area (Å²) >= 11 is 0. The van der Waals surface area contributed by atoms with Crippen LogP contribution in [-0.4, -0.2) is 30.4 Å². The van der Waals surface area contributed by atoms with Gasteiger partial charge in [0.15, 0.2) is 0 Å². The molecule has 1 heterocycles. The van der Waals surface area contributed by atoms with Crippen molar-refractivity contribution in [2.24, 2.45) is 11.7 Å². The maximum absolute atomic E-state index is 14.0. The summed E-state index contributed by atoms with van der Waals surface area (Å²) in [6.07, 6.45) is 0. The number of rotatable bonds is 3. The number of halogens is 2. The fourth-order valence-electron chi connectivity index (χ4n) is 3.35. The van der Waals surface area contributed by atoms with Gasteiger partial charge in [-0.25, -0.2) is 8.78 Å². The van der Waals surface area contributed by atoms with Crippen LogP contribution >= 0.6 is 0 Å². The number of nitrogens with two attached hydrogens (primary N) is 1. The normalized spacial score (nSPS) is 20.4. The molecule has 1 saturated heterocycles. The van der Waals surface area contributed by atoms with Crippen LogP contribution in [0.25, 0.3) is 0 Å². The van der Waals surface area contributed by atoms with Crippen molar-refractivity contribution in [3.63, 3.8) is 0 Å². The van der Waals surface area contributed by atoms with Crippen LogP contribution in [0.1, 0.15) is 27.4 Å². The molecule has 24 heavy (non-hydrogen) atoms. The van der Waals surface area contributed by atoms with Gasteiger partial charge in [-0.3, -0.25) is 4.79 Å². The van der Waals surface area contributed by atoms with Gasteiger partial charge in [0, 0.05) is 25.1 Å². The van der Waals surface area contributed by atoms with Gasteiger partial charge in [-0.05, 0) is 36.6 Å². The number of amides is 1. The molecule has 1 amide bonds. The Hall–Kier alpha value is -2.27. The molecule has 3 rings (SSSR count). The first-order valence-corrected chi connectivity index (χ1v) is 8.01. The molecule has 0 unspecified atom stereocenters. The van der Waals surface area contributed by atoms with E-state index in [9.17, 15) is 13.6 Å². The third-order valence-corrected chi connectivity index (χ3v) is 4.74. The van der Waals surface area contributed by atoms with Gasteiger partial charge in [-0.2, -0.15) is 0 Å². The van der Waals surface area contributed by atoms with Gasteiger partial charge in [0.2, 0.25) is 0 Å². The van der Waals surface area contributed by atoms with Crippen molar-refractivity contribution in [3.05, 3.63) is 70.8 Å². The second kappa shape index (κ2) is 6.69. The molecule has 2 atom stereocenters. The number of aryl methyl sites for hydroxylation is 1. The molecule has 0 aromatic heterocycles. The monoisotopic (exact) mass is 330 g/mol. The Bertz CT molecular complexity index is 749. The number of nitrogens with zero attached hydrogens (tertiary/aromatic N) is 1. The first-order valence-electron chi connectivity index (χ1n) is 8.01. The molecule has 0 spiro atoms. The van der Waals surface area contributed by atoms with E-state index in [4.69, 9.17) is 5.73 Å². The van der Waals surface area contributed by atoms with Crippen LogP contribution in [0.4, 0.5) is 8.78 Å². The highest BCUT2D eigenvalue weighted by molar-refractivity contribution is 5.95. The SMILES string of the molecule is Cc1cc(C(=O)N2C[C@@H](CN)[C@H](c3ccccc3)C2)c(F)cc1F. The fourth-order valence-corrected chi connectivity index (χ4v) is 3.35. The number of hydrogen-bond donors (Lipinski definition) is 1. The van der Waals surface area contributed by atoms with Crippen molar-refractivity contribution in [1.29, 1.82) is 0 Å². The molecule has 1 fully saturated rings. The Balaban J connectivity index is 1.86. The summed E-state index contributed by atoms with van der Waals surface area (Å²) in [6, 6.07) is 11.9. The zero-order valence-electron chi connectivity index (χ0n) is 13.5. The summed E-state index contributed by atoms with van der Waals surface area (Å²) in [5.41, 5.74) is 7.17. The molecule has 2 aromatic carbocycles. The molecule has 1 aliphatic heterocycles. The highest BCUT2D eigenvalue weighted by atomic mass is 19.1. The maximum atomic E-state index is 14.0.